The van der Waals surface area contributed by atoms with Gasteiger partial charge in [0.25, 0.3) is 0 Å². The number of carbonyl (C=O) groups is 3. The number of imide groups is 1. The smallest absolute Gasteiger partial charge is 0.323 e. The highest BCUT2D eigenvalue weighted by atomic mass is 16.4. The Bertz CT molecular complexity index is 326. The lowest BCUT2D eigenvalue weighted by molar-refractivity contribution is -0.143. The monoisotopic (exact) mass is 259 g/mol. The van der Waals surface area contributed by atoms with E-state index in [1.807, 2.05) is 13.8 Å². The zero-order chi connectivity index (χ0) is 14.3. The predicted octanol–water partition coefficient (Wildman–Crippen LogP) is -0.0790. The summed E-state index contributed by atoms with van der Waals surface area (Å²) in [6, 6.07) is -0.580. The molecule has 0 radical (unpaired) electrons. The van der Waals surface area contributed by atoms with Crippen LogP contribution in [0.5, 0.6) is 0 Å². The molecule has 104 valence electrons. The Balaban J connectivity index is 3.98. The van der Waals surface area contributed by atoms with Crippen LogP contribution in [0.15, 0.2) is 0 Å². The highest BCUT2D eigenvalue weighted by Gasteiger charge is 2.27. The van der Waals surface area contributed by atoms with Gasteiger partial charge >= 0.3 is 12.0 Å². The summed E-state index contributed by atoms with van der Waals surface area (Å²) < 4.78 is 0. The van der Waals surface area contributed by atoms with Crippen LogP contribution in [0, 0.1) is 5.92 Å². The van der Waals surface area contributed by atoms with Crippen molar-refractivity contribution in [1.29, 1.82) is 0 Å². The number of rotatable bonds is 6. The standard InChI is InChI=1S/C11H21N3O4/c1-7(2)5-12-10(18)14-8(15)6-13-11(3,4)9(16)17/h7,13H,5-6H2,1-4H3,(H,16,17)(H2,12,14,15,18). The zero-order valence-electron chi connectivity index (χ0n) is 11.2. The molecule has 0 aliphatic carbocycles. The van der Waals surface area contributed by atoms with Gasteiger partial charge in [-0.25, -0.2) is 4.79 Å². The maximum Gasteiger partial charge on any atom is 0.323 e. The molecule has 0 aliphatic heterocycles. The molecule has 3 amide bonds. The van der Waals surface area contributed by atoms with Crippen LogP contribution in [0.25, 0.3) is 0 Å². The number of hydrogen-bond donors (Lipinski definition) is 4. The van der Waals surface area contributed by atoms with Crippen molar-refractivity contribution in [3.63, 3.8) is 0 Å². The van der Waals surface area contributed by atoms with Crippen molar-refractivity contribution in [2.45, 2.75) is 33.2 Å². The topological polar surface area (TPSA) is 108 Å². The summed E-state index contributed by atoms with van der Waals surface area (Å²) in [5.41, 5.74) is -1.22. The van der Waals surface area contributed by atoms with Gasteiger partial charge in [0.05, 0.1) is 6.54 Å². The minimum Gasteiger partial charge on any atom is -0.480 e. The van der Waals surface area contributed by atoms with Crippen LogP contribution < -0.4 is 16.0 Å². The Labute approximate surface area is 106 Å². The minimum atomic E-state index is -1.22. The Hall–Kier alpha value is -1.63. The molecule has 0 heterocycles. The molecule has 7 heteroatoms. The number of carboxylic acid groups (broad SMARTS) is 1. The molecule has 0 rings (SSSR count). The van der Waals surface area contributed by atoms with Gasteiger partial charge in [0.2, 0.25) is 5.91 Å². The maximum atomic E-state index is 11.3. The number of amides is 3. The molecule has 18 heavy (non-hydrogen) atoms. The molecule has 4 N–H and O–H groups in total. The summed E-state index contributed by atoms with van der Waals surface area (Å²) in [7, 11) is 0. The van der Waals surface area contributed by atoms with Gasteiger partial charge < -0.3 is 10.4 Å². The normalized spacial score (nSPS) is 11.2. The van der Waals surface area contributed by atoms with Crippen molar-refractivity contribution in [1.82, 2.24) is 16.0 Å². The quantitative estimate of drug-likeness (QED) is 0.533. The average Bonchev–Trinajstić information content (AvgIpc) is 2.23. The second-order valence-electron chi connectivity index (χ2n) is 4.94. The summed E-state index contributed by atoms with van der Waals surface area (Å²) in [4.78, 5) is 33.3. The fraction of sp³-hybridized carbons (Fsp3) is 0.727. The van der Waals surface area contributed by atoms with Crippen molar-refractivity contribution >= 4 is 17.9 Å². The van der Waals surface area contributed by atoms with E-state index < -0.39 is 23.4 Å². The number of nitrogens with one attached hydrogen (secondary N) is 3. The first-order valence-electron chi connectivity index (χ1n) is 5.71. The first-order chi connectivity index (χ1) is 8.15. The van der Waals surface area contributed by atoms with Crippen LogP contribution in [-0.2, 0) is 9.59 Å². The predicted molar refractivity (Wildman–Crippen MR) is 66.1 cm³/mol. The molecule has 0 aromatic heterocycles. The second kappa shape index (κ2) is 6.95. The lowest BCUT2D eigenvalue weighted by Gasteiger charge is -2.20. The summed E-state index contributed by atoms with van der Waals surface area (Å²) in [5, 5.41) is 16.0. The van der Waals surface area contributed by atoms with Gasteiger partial charge in [-0.05, 0) is 19.8 Å². The van der Waals surface area contributed by atoms with E-state index in [4.69, 9.17) is 5.11 Å². The maximum absolute atomic E-state index is 11.3. The Morgan fingerprint density at radius 1 is 1.22 bits per heavy atom. The molecular formula is C11H21N3O4. The first-order valence-corrected chi connectivity index (χ1v) is 5.71. The third kappa shape index (κ3) is 6.85. The molecular weight excluding hydrogens is 238 g/mol. The summed E-state index contributed by atoms with van der Waals surface area (Å²) in [6.45, 7) is 6.95. The number of hydrogen-bond acceptors (Lipinski definition) is 4. The van der Waals surface area contributed by atoms with Crippen LogP contribution >= 0.6 is 0 Å². The molecule has 0 bridgehead atoms. The van der Waals surface area contributed by atoms with E-state index in [-0.39, 0.29) is 12.5 Å². The van der Waals surface area contributed by atoms with E-state index in [2.05, 4.69) is 16.0 Å². The molecule has 0 aromatic rings. The summed E-state index contributed by atoms with van der Waals surface area (Å²) in [6.07, 6.45) is 0. The molecule has 0 aromatic carbocycles. The van der Waals surface area contributed by atoms with Gasteiger partial charge in [0.15, 0.2) is 0 Å². The average molecular weight is 259 g/mol. The lowest BCUT2D eigenvalue weighted by Crippen LogP contribution is -2.52. The van der Waals surface area contributed by atoms with E-state index in [1.54, 1.807) is 0 Å². The fourth-order valence-electron chi connectivity index (χ4n) is 0.889. The molecule has 0 spiro atoms. The Morgan fingerprint density at radius 3 is 2.22 bits per heavy atom. The van der Waals surface area contributed by atoms with Crippen LogP contribution in [0.2, 0.25) is 0 Å². The highest BCUT2D eigenvalue weighted by molar-refractivity contribution is 5.95. The van der Waals surface area contributed by atoms with Crippen molar-refractivity contribution in [2.24, 2.45) is 5.92 Å². The van der Waals surface area contributed by atoms with Crippen LogP contribution in [0.4, 0.5) is 4.79 Å². The minimum absolute atomic E-state index is 0.242. The summed E-state index contributed by atoms with van der Waals surface area (Å²) in [5.74, 6) is -1.36. The van der Waals surface area contributed by atoms with Gasteiger partial charge in [0.1, 0.15) is 5.54 Å². The van der Waals surface area contributed by atoms with Crippen LogP contribution in [0.3, 0.4) is 0 Å². The first kappa shape index (κ1) is 16.4. The van der Waals surface area contributed by atoms with Gasteiger partial charge in [-0.15, -0.1) is 0 Å². The number of urea groups is 1. The molecule has 0 atom stereocenters. The zero-order valence-corrected chi connectivity index (χ0v) is 11.2. The number of carboxylic acids is 1. The molecule has 0 saturated carbocycles. The van der Waals surface area contributed by atoms with Gasteiger partial charge in [-0.2, -0.15) is 0 Å². The van der Waals surface area contributed by atoms with Gasteiger partial charge in [-0.1, -0.05) is 13.8 Å². The fourth-order valence-corrected chi connectivity index (χ4v) is 0.889. The van der Waals surface area contributed by atoms with Crippen molar-refractivity contribution in [2.75, 3.05) is 13.1 Å². The Morgan fingerprint density at radius 2 is 1.78 bits per heavy atom. The van der Waals surface area contributed by atoms with E-state index in [1.165, 1.54) is 13.8 Å². The molecule has 0 aliphatic rings. The van der Waals surface area contributed by atoms with Gasteiger partial charge in [-0.3, -0.25) is 20.2 Å². The van der Waals surface area contributed by atoms with Crippen LogP contribution in [0.1, 0.15) is 27.7 Å². The highest BCUT2D eigenvalue weighted by Crippen LogP contribution is 2.00. The number of carbonyl (C=O) groups excluding carboxylic acids is 2. The third-order valence-corrected chi connectivity index (χ3v) is 2.15. The van der Waals surface area contributed by atoms with Crippen molar-refractivity contribution < 1.29 is 19.5 Å². The molecule has 0 fully saturated rings. The van der Waals surface area contributed by atoms with E-state index in [0.29, 0.717) is 6.54 Å². The Kier molecular flexibility index (Phi) is 6.32. The van der Waals surface area contributed by atoms with E-state index in [0.717, 1.165) is 0 Å². The lowest BCUT2D eigenvalue weighted by atomic mass is 10.1. The molecule has 0 saturated heterocycles. The number of aliphatic carboxylic acids is 1. The second-order valence-corrected chi connectivity index (χ2v) is 4.94. The van der Waals surface area contributed by atoms with E-state index >= 15 is 0 Å². The van der Waals surface area contributed by atoms with E-state index in [9.17, 15) is 14.4 Å². The molecule has 0 unspecified atom stereocenters. The van der Waals surface area contributed by atoms with Crippen molar-refractivity contribution in [3.8, 4) is 0 Å². The largest absolute Gasteiger partial charge is 0.480 e. The van der Waals surface area contributed by atoms with Crippen LogP contribution in [-0.4, -0.2) is 41.6 Å². The third-order valence-electron chi connectivity index (χ3n) is 2.15. The van der Waals surface area contributed by atoms with Gasteiger partial charge in [0, 0.05) is 6.54 Å². The SMILES string of the molecule is CC(C)CNC(=O)NC(=O)CNC(C)(C)C(=O)O. The van der Waals surface area contributed by atoms with Crippen molar-refractivity contribution in [3.05, 3.63) is 0 Å². The summed E-state index contributed by atoms with van der Waals surface area (Å²) >= 11 is 0. The molecule has 7 nitrogen and oxygen atoms in total.